The highest BCUT2D eigenvalue weighted by atomic mass is 32.1. The second-order valence-electron chi connectivity index (χ2n) is 7.68. The van der Waals surface area contributed by atoms with Gasteiger partial charge in [0.05, 0.1) is 13.0 Å². The first kappa shape index (κ1) is 17.8. The van der Waals surface area contributed by atoms with E-state index in [-0.39, 0.29) is 16.7 Å². The summed E-state index contributed by atoms with van der Waals surface area (Å²) in [6.07, 6.45) is 2.92. The summed E-state index contributed by atoms with van der Waals surface area (Å²) in [4.78, 5) is 15.2. The van der Waals surface area contributed by atoms with Crippen molar-refractivity contribution in [1.29, 1.82) is 0 Å². The summed E-state index contributed by atoms with van der Waals surface area (Å²) in [7, 11) is 0. The van der Waals surface area contributed by atoms with Crippen LogP contribution in [0.2, 0.25) is 0 Å². The Labute approximate surface area is 146 Å². The minimum Gasteiger partial charge on any atom is -0.460 e. The third kappa shape index (κ3) is 3.98. The van der Waals surface area contributed by atoms with Crippen molar-refractivity contribution in [3.05, 3.63) is 21.6 Å². The van der Waals surface area contributed by atoms with E-state index in [9.17, 15) is 9.18 Å². The summed E-state index contributed by atoms with van der Waals surface area (Å²) < 4.78 is 25.1. The second kappa shape index (κ2) is 6.73. The first-order valence-electron chi connectivity index (χ1n) is 8.64. The molecule has 0 aliphatic carbocycles. The van der Waals surface area contributed by atoms with Crippen LogP contribution in [0, 0.1) is 5.13 Å². The Bertz CT molecular complexity index is 600. The minimum atomic E-state index is -0.432. The van der Waals surface area contributed by atoms with Gasteiger partial charge in [-0.25, -0.2) is 0 Å². The highest BCUT2D eigenvalue weighted by Crippen LogP contribution is 2.45. The van der Waals surface area contributed by atoms with Crippen LogP contribution in [0.4, 0.5) is 4.39 Å². The zero-order valence-electron chi connectivity index (χ0n) is 14.7. The van der Waals surface area contributed by atoms with Gasteiger partial charge in [-0.1, -0.05) is 0 Å². The summed E-state index contributed by atoms with van der Waals surface area (Å²) in [5.41, 5.74) is 0.370. The fraction of sp³-hybridized carbons (Fsp3) is 0.722. The number of carbonyl (C=O) groups excluding carboxylic acids is 1. The van der Waals surface area contributed by atoms with E-state index < -0.39 is 5.60 Å². The predicted molar refractivity (Wildman–Crippen MR) is 91.7 cm³/mol. The molecule has 0 radical (unpaired) electrons. The van der Waals surface area contributed by atoms with Gasteiger partial charge in [0, 0.05) is 24.5 Å². The lowest BCUT2D eigenvalue weighted by Crippen LogP contribution is -2.46. The van der Waals surface area contributed by atoms with Crippen molar-refractivity contribution in [3.63, 3.8) is 0 Å². The Morgan fingerprint density at radius 2 is 2.12 bits per heavy atom. The van der Waals surface area contributed by atoms with Gasteiger partial charge in [0.15, 0.2) is 5.13 Å². The van der Waals surface area contributed by atoms with E-state index in [4.69, 9.17) is 9.47 Å². The van der Waals surface area contributed by atoms with Gasteiger partial charge >= 0.3 is 5.97 Å². The van der Waals surface area contributed by atoms with E-state index in [1.54, 1.807) is 6.07 Å². The fourth-order valence-electron chi connectivity index (χ4n) is 3.54. The smallest absolute Gasteiger partial charge is 0.307 e. The van der Waals surface area contributed by atoms with Crippen LogP contribution in [0.1, 0.15) is 50.5 Å². The molecule has 1 aromatic heterocycles. The molecule has 2 aliphatic rings. The van der Waals surface area contributed by atoms with E-state index in [0.717, 1.165) is 42.8 Å². The van der Waals surface area contributed by atoms with E-state index in [1.807, 2.05) is 20.8 Å². The van der Waals surface area contributed by atoms with Crippen molar-refractivity contribution in [1.82, 2.24) is 4.90 Å². The number of carbonyl (C=O) groups is 1. The normalized spacial score (nSPS) is 20.8. The Morgan fingerprint density at radius 3 is 2.79 bits per heavy atom. The van der Waals surface area contributed by atoms with E-state index >= 15 is 0 Å². The van der Waals surface area contributed by atoms with Gasteiger partial charge in [-0.3, -0.25) is 4.79 Å². The molecule has 0 saturated carbocycles. The highest BCUT2D eigenvalue weighted by Gasteiger charge is 2.42. The van der Waals surface area contributed by atoms with Crippen LogP contribution in [0.15, 0.2) is 6.07 Å². The van der Waals surface area contributed by atoms with Crippen LogP contribution < -0.4 is 0 Å². The molecule has 3 rings (SSSR count). The quantitative estimate of drug-likeness (QED) is 0.778. The number of likely N-dealkylation sites (tertiary alicyclic amines) is 1. The monoisotopic (exact) mass is 355 g/mol. The molecule has 4 nitrogen and oxygen atoms in total. The molecule has 1 spiro atoms. The van der Waals surface area contributed by atoms with Crippen LogP contribution in [0.25, 0.3) is 0 Å². The Kier molecular flexibility index (Phi) is 5.00. The van der Waals surface area contributed by atoms with Gasteiger partial charge in [0.2, 0.25) is 0 Å². The van der Waals surface area contributed by atoms with Crippen LogP contribution in [-0.4, -0.2) is 42.7 Å². The fourth-order valence-corrected chi connectivity index (χ4v) is 4.68. The summed E-state index contributed by atoms with van der Waals surface area (Å²) >= 11 is 1.24. The third-order valence-electron chi connectivity index (χ3n) is 4.66. The standard InChI is InChI=1S/C18H26FNO3S/c1-17(2,3)23-15(21)4-8-20-9-6-18(7-10-20)16-13(5-11-22-18)12-14(19)24-16/h12H,4-11H2,1-3H3. The number of hydrogen-bond acceptors (Lipinski definition) is 5. The molecule has 0 aromatic carbocycles. The molecule has 0 atom stereocenters. The third-order valence-corrected chi connectivity index (χ3v) is 5.81. The summed E-state index contributed by atoms with van der Waals surface area (Å²) in [5.74, 6) is -0.153. The van der Waals surface area contributed by atoms with E-state index in [1.165, 1.54) is 11.3 Å². The minimum absolute atomic E-state index is 0.114. The first-order valence-corrected chi connectivity index (χ1v) is 9.46. The van der Waals surface area contributed by atoms with E-state index in [2.05, 4.69) is 4.90 Å². The molecule has 2 aliphatic heterocycles. The maximum Gasteiger partial charge on any atom is 0.307 e. The SMILES string of the molecule is CC(C)(C)OC(=O)CCN1CCC2(CC1)OCCc1cc(F)sc12. The van der Waals surface area contributed by atoms with Crippen LogP contribution in [0.3, 0.4) is 0 Å². The van der Waals surface area contributed by atoms with Gasteiger partial charge in [-0.2, -0.15) is 4.39 Å². The Hall–Kier alpha value is -0.980. The topological polar surface area (TPSA) is 38.8 Å². The molecule has 0 unspecified atom stereocenters. The largest absolute Gasteiger partial charge is 0.460 e. The number of piperidine rings is 1. The van der Waals surface area contributed by atoms with Crippen molar-refractivity contribution < 1.29 is 18.7 Å². The molecule has 24 heavy (non-hydrogen) atoms. The number of rotatable bonds is 3. The summed E-state index contributed by atoms with van der Waals surface area (Å²) in [6, 6.07) is 1.67. The molecule has 0 amide bonds. The lowest BCUT2D eigenvalue weighted by atomic mass is 9.85. The van der Waals surface area contributed by atoms with Crippen LogP contribution >= 0.6 is 11.3 Å². The lowest BCUT2D eigenvalue weighted by molar-refractivity contribution is -0.155. The van der Waals surface area contributed by atoms with Gasteiger partial charge in [-0.05, 0) is 51.7 Å². The van der Waals surface area contributed by atoms with Crippen LogP contribution in [0.5, 0.6) is 0 Å². The molecule has 0 N–H and O–H groups in total. The van der Waals surface area contributed by atoms with Crippen molar-refractivity contribution >= 4 is 17.3 Å². The second-order valence-corrected chi connectivity index (χ2v) is 8.68. The molecule has 3 heterocycles. The van der Waals surface area contributed by atoms with Gasteiger partial charge in [-0.15, -0.1) is 11.3 Å². The number of esters is 1. The van der Waals surface area contributed by atoms with Crippen molar-refractivity contribution in [2.45, 2.75) is 57.7 Å². The molecule has 1 aromatic rings. The molecular formula is C18H26FNO3S. The van der Waals surface area contributed by atoms with Crippen molar-refractivity contribution in [2.75, 3.05) is 26.2 Å². The number of fused-ring (bicyclic) bond motifs is 2. The summed E-state index contributed by atoms with van der Waals surface area (Å²) in [6.45, 7) is 8.75. The molecule has 1 fully saturated rings. The number of ether oxygens (including phenoxy) is 2. The lowest BCUT2D eigenvalue weighted by Gasteiger charge is -2.43. The zero-order valence-corrected chi connectivity index (χ0v) is 15.5. The Morgan fingerprint density at radius 1 is 1.42 bits per heavy atom. The maximum absolute atomic E-state index is 13.7. The molecule has 134 valence electrons. The van der Waals surface area contributed by atoms with Crippen LogP contribution in [-0.2, 0) is 26.3 Å². The average Bonchev–Trinajstić information content (AvgIpc) is 2.87. The Balaban J connectivity index is 1.54. The zero-order chi connectivity index (χ0) is 17.4. The van der Waals surface area contributed by atoms with Crippen molar-refractivity contribution in [3.8, 4) is 0 Å². The molecular weight excluding hydrogens is 329 g/mol. The first-order chi connectivity index (χ1) is 11.3. The van der Waals surface area contributed by atoms with Crippen molar-refractivity contribution in [2.24, 2.45) is 0 Å². The van der Waals surface area contributed by atoms with E-state index in [0.29, 0.717) is 19.6 Å². The number of nitrogens with zero attached hydrogens (tertiary/aromatic N) is 1. The maximum atomic E-state index is 13.7. The molecule has 6 heteroatoms. The molecule has 1 saturated heterocycles. The predicted octanol–water partition coefficient (Wildman–Crippen LogP) is 3.48. The number of halogens is 1. The number of thiophene rings is 1. The van der Waals surface area contributed by atoms with Gasteiger partial charge in [0.1, 0.15) is 11.2 Å². The number of hydrogen-bond donors (Lipinski definition) is 0. The van der Waals surface area contributed by atoms with Gasteiger partial charge in [0.25, 0.3) is 0 Å². The molecule has 0 bridgehead atoms. The average molecular weight is 355 g/mol. The van der Waals surface area contributed by atoms with Gasteiger partial charge < -0.3 is 14.4 Å². The highest BCUT2D eigenvalue weighted by molar-refractivity contribution is 7.10. The summed E-state index contributed by atoms with van der Waals surface area (Å²) in [5, 5.41) is -0.114.